The maximum Gasteiger partial charge on any atom is 0.243 e. The highest BCUT2D eigenvalue weighted by molar-refractivity contribution is 7.89. The molecular weight excluding hydrogens is 294 g/mol. The second kappa shape index (κ2) is 5.21. The van der Waals surface area contributed by atoms with E-state index in [1.807, 2.05) is 48.5 Å². The third-order valence-electron chi connectivity index (χ3n) is 4.92. The second-order valence-electron chi connectivity index (χ2n) is 6.27. The van der Waals surface area contributed by atoms with Gasteiger partial charge in [-0.05, 0) is 36.8 Å². The van der Waals surface area contributed by atoms with Gasteiger partial charge in [0.15, 0.2) is 0 Å². The highest BCUT2D eigenvalue weighted by atomic mass is 32.2. The Morgan fingerprint density at radius 3 is 2.32 bits per heavy atom. The number of fused-ring (bicyclic) bond motifs is 2. The zero-order valence-electron chi connectivity index (χ0n) is 12.4. The summed E-state index contributed by atoms with van der Waals surface area (Å²) in [4.78, 5) is 0.439. The van der Waals surface area contributed by atoms with E-state index in [0.29, 0.717) is 17.4 Å². The predicted octanol–water partition coefficient (Wildman–Crippen LogP) is 3.53. The smallest absolute Gasteiger partial charge is 0.207 e. The van der Waals surface area contributed by atoms with Crippen LogP contribution >= 0.6 is 0 Å². The van der Waals surface area contributed by atoms with Crippen LogP contribution < -0.4 is 0 Å². The molecule has 2 aromatic rings. The van der Waals surface area contributed by atoms with Gasteiger partial charge in [-0.15, -0.1) is 0 Å². The molecule has 0 amide bonds. The molecule has 0 radical (unpaired) electrons. The average Bonchev–Trinajstić information content (AvgIpc) is 3.19. The molecule has 114 valence electrons. The summed E-state index contributed by atoms with van der Waals surface area (Å²) in [5, 5.41) is 0. The van der Waals surface area contributed by atoms with Crippen molar-refractivity contribution in [2.45, 2.75) is 30.2 Å². The summed E-state index contributed by atoms with van der Waals surface area (Å²) in [5.41, 5.74) is 1.75. The van der Waals surface area contributed by atoms with Crippen LogP contribution in [0.3, 0.4) is 0 Å². The van der Waals surface area contributed by atoms with Crippen LogP contribution in [0.5, 0.6) is 0 Å². The first kappa shape index (κ1) is 14.0. The molecule has 2 aliphatic rings. The number of hydrogen-bond donors (Lipinski definition) is 0. The molecule has 4 rings (SSSR count). The molecule has 0 spiro atoms. The molecule has 2 fully saturated rings. The Morgan fingerprint density at radius 2 is 1.64 bits per heavy atom. The SMILES string of the molecule is O=S(=O)(c1ccccc1-c1ccccc1)N1CC2CCC1C2. The largest absolute Gasteiger partial charge is 0.243 e. The van der Waals surface area contributed by atoms with Gasteiger partial charge in [0.1, 0.15) is 0 Å². The highest BCUT2D eigenvalue weighted by Gasteiger charge is 2.44. The van der Waals surface area contributed by atoms with Gasteiger partial charge in [-0.1, -0.05) is 48.5 Å². The van der Waals surface area contributed by atoms with E-state index in [0.717, 1.165) is 24.0 Å². The fourth-order valence-corrected chi connectivity index (χ4v) is 5.81. The Balaban J connectivity index is 1.80. The van der Waals surface area contributed by atoms with Crippen LogP contribution in [0.4, 0.5) is 0 Å². The van der Waals surface area contributed by atoms with E-state index in [1.54, 1.807) is 10.4 Å². The molecule has 3 nitrogen and oxygen atoms in total. The minimum absolute atomic E-state index is 0.207. The van der Waals surface area contributed by atoms with Gasteiger partial charge < -0.3 is 0 Å². The lowest BCUT2D eigenvalue weighted by atomic mass is 10.1. The highest BCUT2D eigenvalue weighted by Crippen LogP contribution is 2.41. The molecule has 2 bridgehead atoms. The predicted molar refractivity (Wildman–Crippen MR) is 86.9 cm³/mol. The molecular formula is C18H19NO2S. The Bertz CT molecular complexity index is 786. The molecule has 2 unspecified atom stereocenters. The summed E-state index contributed by atoms with van der Waals surface area (Å²) in [6.45, 7) is 0.691. The number of piperidine rings is 1. The molecule has 0 aromatic heterocycles. The van der Waals surface area contributed by atoms with Crippen LogP contribution in [0.2, 0.25) is 0 Å². The van der Waals surface area contributed by atoms with Crippen molar-refractivity contribution < 1.29 is 8.42 Å². The summed E-state index contributed by atoms with van der Waals surface area (Å²) < 4.78 is 28.0. The van der Waals surface area contributed by atoms with E-state index in [-0.39, 0.29) is 6.04 Å². The van der Waals surface area contributed by atoms with E-state index in [1.165, 1.54) is 6.42 Å². The minimum Gasteiger partial charge on any atom is -0.207 e. The van der Waals surface area contributed by atoms with Crippen molar-refractivity contribution in [1.82, 2.24) is 4.31 Å². The summed E-state index contributed by atoms with van der Waals surface area (Å²) in [6, 6.07) is 17.3. The van der Waals surface area contributed by atoms with Gasteiger partial charge in [0.05, 0.1) is 4.90 Å². The van der Waals surface area contributed by atoms with E-state index in [9.17, 15) is 8.42 Å². The third kappa shape index (κ3) is 2.18. The van der Waals surface area contributed by atoms with Gasteiger partial charge >= 0.3 is 0 Å². The maximum atomic E-state index is 13.1. The van der Waals surface area contributed by atoms with Crippen LogP contribution in [-0.4, -0.2) is 25.3 Å². The van der Waals surface area contributed by atoms with Crippen LogP contribution in [0.25, 0.3) is 11.1 Å². The van der Waals surface area contributed by atoms with E-state index < -0.39 is 10.0 Å². The molecule has 22 heavy (non-hydrogen) atoms. The number of rotatable bonds is 3. The third-order valence-corrected chi connectivity index (χ3v) is 6.89. The van der Waals surface area contributed by atoms with Gasteiger partial charge in [0.25, 0.3) is 0 Å². The van der Waals surface area contributed by atoms with Crippen molar-refractivity contribution in [3.63, 3.8) is 0 Å². The maximum absolute atomic E-state index is 13.1. The number of nitrogens with zero attached hydrogens (tertiary/aromatic N) is 1. The van der Waals surface area contributed by atoms with E-state index in [4.69, 9.17) is 0 Å². The average molecular weight is 313 g/mol. The zero-order valence-corrected chi connectivity index (χ0v) is 13.2. The van der Waals surface area contributed by atoms with Crippen molar-refractivity contribution >= 4 is 10.0 Å². The van der Waals surface area contributed by atoms with Gasteiger partial charge in [-0.25, -0.2) is 8.42 Å². The normalized spacial score (nSPS) is 24.7. The first-order valence-corrected chi connectivity index (χ1v) is 9.26. The summed E-state index contributed by atoms with van der Waals surface area (Å²) >= 11 is 0. The topological polar surface area (TPSA) is 37.4 Å². The lowest BCUT2D eigenvalue weighted by molar-refractivity contribution is 0.333. The number of benzene rings is 2. The molecule has 1 aliphatic heterocycles. The molecule has 1 saturated carbocycles. The molecule has 2 aromatic carbocycles. The van der Waals surface area contributed by atoms with Crippen LogP contribution in [0, 0.1) is 5.92 Å². The first-order valence-electron chi connectivity index (χ1n) is 7.82. The van der Waals surface area contributed by atoms with Gasteiger partial charge in [0.2, 0.25) is 10.0 Å². The molecule has 2 atom stereocenters. The lowest BCUT2D eigenvalue weighted by Gasteiger charge is -2.27. The van der Waals surface area contributed by atoms with Crippen LogP contribution in [0.1, 0.15) is 19.3 Å². The molecule has 1 aliphatic carbocycles. The van der Waals surface area contributed by atoms with Crippen molar-refractivity contribution in [2.24, 2.45) is 5.92 Å². The van der Waals surface area contributed by atoms with Gasteiger partial charge in [0, 0.05) is 18.2 Å². The molecule has 1 heterocycles. The van der Waals surface area contributed by atoms with Gasteiger partial charge in [-0.3, -0.25) is 0 Å². The Morgan fingerprint density at radius 1 is 0.909 bits per heavy atom. The van der Waals surface area contributed by atoms with Crippen molar-refractivity contribution in [3.05, 3.63) is 54.6 Å². The molecule has 1 saturated heterocycles. The van der Waals surface area contributed by atoms with Crippen molar-refractivity contribution in [1.29, 1.82) is 0 Å². The van der Waals surface area contributed by atoms with Crippen LogP contribution in [-0.2, 0) is 10.0 Å². The number of hydrogen-bond acceptors (Lipinski definition) is 2. The Hall–Kier alpha value is -1.65. The standard InChI is InChI=1S/C18H19NO2S/c20-22(21,19-13-14-10-11-16(19)12-14)18-9-5-4-8-17(18)15-6-2-1-3-7-15/h1-9,14,16H,10-13H2. The van der Waals surface area contributed by atoms with Crippen LogP contribution in [0.15, 0.2) is 59.5 Å². The first-order chi connectivity index (χ1) is 10.7. The second-order valence-corrected chi connectivity index (χ2v) is 8.13. The molecule has 4 heteroatoms. The molecule has 0 N–H and O–H groups in total. The summed E-state index contributed by atoms with van der Waals surface area (Å²) in [7, 11) is -3.42. The Labute approximate surface area is 131 Å². The Kier molecular flexibility index (Phi) is 3.31. The summed E-state index contributed by atoms with van der Waals surface area (Å²) in [5.74, 6) is 0.559. The van der Waals surface area contributed by atoms with Crippen molar-refractivity contribution in [2.75, 3.05) is 6.54 Å². The fourth-order valence-electron chi connectivity index (χ4n) is 3.85. The van der Waals surface area contributed by atoms with E-state index >= 15 is 0 Å². The quantitative estimate of drug-likeness (QED) is 0.869. The van der Waals surface area contributed by atoms with E-state index in [2.05, 4.69) is 0 Å². The van der Waals surface area contributed by atoms with Gasteiger partial charge in [-0.2, -0.15) is 4.31 Å². The monoisotopic (exact) mass is 313 g/mol. The lowest BCUT2D eigenvalue weighted by Crippen LogP contribution is -2.37. The fraction of sp³-hybridized carbons (Fsp3) is 0.333. The zero-order chi connectivity index (χ0) is 15.2. The van der Waals surface area contributed by atoms with Crippen molar-refractivity contribution in [3.8, 4) is 11.1 Å². The number of sulfonamides is 1. The summed E-state index contributed by atoms with van der Waals surface area (Å²) in [6.07, 6.45) is 3.22. The minimum atomic E-state index is -3.42.